The lowest BCUT2D eigenvalue weighted by molar-refractivity contribution is 0.854. The largest absolute Gasteiger partial charge is 0.345 e. The van der Waals surface area contributed by atoms with Gasteiger partial charge in [0, 0.05) is 6.20 Å². The maximum absolute atomic E-state index is 5.11. The number of hydrogen-bond donors (Lipinski definition) is 2. The Balaban J connectivity index is 3.12. The van der Waals surface area contributed by atoms with Gasteiger partial charge in [-0.3, -0.25) is 0 Å². The smallest absolute Gasteiger partial charge is 0.149 e. The van der Waals surface area contributed by atoms with Gasteiger partial charge in [0.05, 0.1) is 0 Å². The second-order valence-corrected chi connectivity index (χ2v) is 2.79. The summed E-state index contributed by atoms with van der Waals surface area (Å²) in [6.07, 6.45) is 1.85. The van der Waals surface area contributed by atoms with Crippen LogP contribution in [0.4, 0.5) is 0 Å². The number of hydrogen-bond acceptors (Lipinski definition) is 2. The van der Waals surface area contributed by atoms with Gasteiger partial charge < -0.3 is 10.8 Å². The van der Waals surface area contributed by atoms with Gasteiger partial charge in [0.1, 0.15) is 5.49 Å². The number of nitrogens with one attached hydrogen (secondary N) is 1. The highest BCUT2D eigenvalue weighted by Crippen LogP contribution is 2.09. The zero-order valence-electron chi connectivity index (χ0n) is 6.83. The highest BCUT2D eigenvalue weighted by atomic mass is 15.1. The lowest BCUT2D eigenvalue weighted by Gasteiger charge is -2.02. The summed E-state index contributed by atoms with van der Waals surface area (Å²) in [6, 6.07) is 3.98. The molecule has 0 atom stereocenters. The minimum absolute atomic E-state index is 0.519. The third kappa shape index (κ3) is 1.83. The summed E-state index contributed by atoms with van der Waals surface area (Å²) >= 11 is 0. The number of aromatic amines is 1. The fourth-order valence-electron chi connectivity index (χ4n) is 0.905. The molecular weight excluding hydrogens is 138 g/mol. The van der Waals surface area contributed by atoms with E-state index in [0.717, 1.165) is 5.49 Å². The van der Waals surface area contributed by atoms with E-state index in [1.165, 1.54) is 5.56 Å². The van der Waals surface area contributed by atoms with E-state index in [1.807, 2.05) is 18.3 Å². The van der Waals surface area contributed by atoms with Crippen LogP contribution in [0.25, 0.3) is 0 Å². The molecule has 0 amide bonds. The summed E-state index contributed by atoms with van der Waals surface area (Å²) in [7, 11) is 0. The van der Waals surface area contributed by atoms with E-state index in [-0.39, 0.29) is 0 Å². The molecule has 0 aliphatic rings. The van der Waals surface area contributed by atoms with Crippen molar-refractivity contribution in [2.24, 2.45) is 10.9 Å². The van der Waals surface area contributed by atoms with Crippen LogP contribution in [0.3, 0.4) is 0 Å². The molecule has 0 aliphatic carbocycles. The van der Waals surface area contributed by atoms with Crippen molar-refractivity contribution in [3.05, 3.63) is 29.4 Å². The average Bonchev–Trinajstić information content (AvgIpc) is 2.05. The van der Waals surface area contributed by atoms with Crippen molar-refractivity contribution in [2.45, 2.75) is 19.8 Å². The molecule has 0 fully saturated rings. The number of pyridine rings is 1. The van der Waals surface area contributed by atoms with Gasteiger partial charge in [-0.1, -0.05) is 13.8 Å². The van der Waals surface area contributed by atoms with Crippen molar-refractivity contribution in [3.63, 3.8) is 0 Å². The minimum atomic E-state index is 0.519. The second kappa shape index (κ2) is 3.23. The Bertz CT molecular complexity index is 285. The molecule has 60 valence electrons. The standard InChI is InChI=1S/C8H13N3/c1-6(2)7-3-4-10-8(5-7)11-9/h3-6H,9H2,1-2H3,(H,10,11). The van der Waals surface area contributed by atoms with Gasteiger partial charge in [-0.2, -0.15) is 5.10 Å². The lowest BCUT2D eigenvalue weighted by Crippen LogP contribution is -2.10. The number of H-pyrrole nitrogens is 1. The molecule has 0 saturated carbocycles. The first-order valence-corrected chi connectivity index (χ1v) is 3.66. The first-order chi connectivity index (χ1) is 5.24. The molecule has 0 spiro atoms. The minimum Gasteiger partial charge on any atom is -0.345 e. The summed E-state index contributed by atoms with van der Waals surface area (Å²) in [5.74, 6) is 5.63. The number of rotatable bonds is 1. The first kappa shape index (κ1) is 7.85. The highest BCUT2D eigenvalue weighted by Gasteiger charge is 1.96. The third-order valence-corrected chi connectivity index (χ3v) is 1.62. The van der Waals surface area contributed by atoms with Gasteiger partial charge in [0.2, 0.25) is 0 Å². The zero-order valence-corrected chi connectivity index (χ0v) is 6.83. The zero-order chi connectivity index (χ0) is 8.27. The fraction of sp³-hybridized carbons (Fsp3) is 0.375. The van der Waals surface area contributed by atoms with Crippen LogP contribution in [-0.2, 0) is 0 Å². The maximum atomic E-state index is 5.11. The highest BCUT2D eigenvalue weighted by molar-refractivity contribution is 5.13. The van der Waals surface area contributed by atoms with Gasteiger partial charge in [0.25, 0.3) is 0 Å². The molecule has 0 aliphatic heterocycles. The Morgan fingerprint density at radius 3 is 2.82 bits per heavy atom. The van der Waals surface area contributed by atoms with Crippen LogP contribution >= 0.6 is 0 Å². The van der Waals surface area contributed by atoms with E-state index in [2.05, 4.69) is 23.9 Å². The molecule has 1 rings (SSSR count). The average molecular weight is 151 g/mol. The normalized spacial score (nSPS) is 12.5. The van der Waals surface area contributed by atoms with E-state index in [1.54, 1.807) is 0 Å². The predicted octanol–water partition coefficient (Wildman–Crippen LogP) is 0.913. The summed E-state index contributed by atoms with van der Waals surface area (Å²) in [5, 5.41) is 3.56. The summed E-state index contributed by atoms with van der Waals surface area (Å²) < 4.78 is 0. The van der Waals surface area contributed by atoms with Crippen LogP contribution < -0.4 is 11.3 Å². The van der Waals surface area contributed by atoms with E-state index in [9.17, 15) is 0 Å². The van der Waals surface area contributed by atoms with Crippen LogP contribution in [-0.4, -0.2) is 4.98 Å². The van der Waals surface area contributed by atoms with E-state index in [4.69, 9.17) is 5.84 Å². The lowest BCUT2D eigenvalue weighted by atomic mass is 10.1. The van der Waals surface area contributed by atoms with E-state index < -0.39 is 0 Å². The molecule has 11 heavy (non-hydrogen) atoms. The molecule has 1 heterocycles. The SMILES string of the molecule is CC(C)c1cc[nH]/c(=N\N)c1. The molecule has 1 aromatic rings. The van der Waals surface area contributed by atoms with E-state index in [0.29, 0.717) is 5.92 Å². The Kier molecular flexibility index (Phi) is 2.31. The Labute approximate surface area is 66.0 Å². The monoisotopic (exact) mass is 151 g/mol. The van der Waals surface area contributed by atoms with Crippen molar-refractivity contribution in [2.75, 3.05) is 0 Å². The molecule has 0 bridgehead atoms. The van der Waals surface area contributed by atoms with Crippen LogP contribution in [0.2, 0.25) is 0 Å². The van der Waals surface area contributed by atoms with Crippen molar-refractivity contribution < 1.29 is 0 Å². The number of aromatic nitrogens is 1. The maximum Gasteiger partial charge on any atom is 0.149 e. The number of nitrogens with two attached hydrogens (primary N) is 1. The molecule has 3 N–H and O–H groups in total. The molecule has 3 heteroatoms. The Hall–Kier alpha value is -1.25. The molecule has 0 radical (unpaired) electrons. The molecular formula is C8H13N3. The van der Waals surface area contributed by atoms with Gasteiger partial charge in [-0.15, -0.1) is 0 Å². The van der Waals surface area contributed by atoms with Gasteiger partial charge in [-0.25, -0.2) is 0 Å². The third-order valence-electron chi connectivity index (χ3n) is 1.62. The summed E-state index contributed by atoms with van der Waals surface area (Å²) in [4.78, 5) is 2.92. The Morgan fingerprint density at radius 2 is 2.27 bits per heavy atom. The molecule has 0 aromatic carbocycles. The fourth-order valence-corrected chi connectivity index (χ4v) is 0.905. The quantitative estimate of drug-likeness (QED) is 0.455. The Morgan fingerprint density at radius 1 is 1.55 bits per heavy atom. The molecule has 1 aromatic heterocycles. The second-order valence-electron chi connectivity index (χ2n) is 2.79. The molecule has 0 saturated heterocycles. The molecule has 3 nitrogen and oxygen atoms in total. The predicted molar refractivity (Wildman–Crippen MR) is 44.6 cm³/mol. The van der Waals surface area contributed by atoms with Crippen LogP contribution in [0.5, 0.6) is 0 Å². The van der Waals surface area contributed by atoms with Gasteiger partial charge in [-0.05, 0) is 23.6 Å². The van der Waals surface area contributed by atoms with Crippen molar-refractivity contribution >= 4 is 0 Å². The summed E-state index contributed by atoms with van der Waals surface area (Å²) in [6.45, 7) is 4.27. The van der Waals surface area contributed by atoms with Gasteiger partial charge >= 0.3 is 0 Å². The van der Waals surface area contributed by atoms with E-state index >= 15 is 0 Å². The van der Waals surface area contributed by atoms with Crippen LogP contribution in [0, 0.1) is 0 Å². The van der Waals surface area contributed by atoms with Gasteiger partial charge in [0.15, 0.2) is 0 Å². The topological polar surface area (TPSA) is 54.2 Å². The van der Waals surface area contributed by atoms with Crippen molar-refractivity contribution in [1.82, 2.24) is 4.98 Å². The van der Waals surface area contributed by atoms with Crippen LogP contribution in [0.15, 0.2) is 23.4 Å². The van der Waals surface area contributed by atoms with Crippen molar-refractivity contribution in [1.29, 1.82) is 0 Å². The molecule has 0 unspecified atom stereocenters. The van der Waals surface area contributed by atoms with Crippen LogP contribution in [0.1, 0.15) is 25.3 Å². The summed E-state index contributed by atoms with van der Waals surface area (Å²) in [5.41, 5.74) is 1.96. The number of nitrogens with zero attached hydrogens (tertiary/aromatic N) is 1. The first-order valence-electron chi connectivity index (χ1n) is 3.66. The van der Waals surface area contributed by atoms with Crippen molar-refractivity contribution in [3.8, 4) is 0 Å².